The van der Waals surface area contributed by atoms with Crippen LogP contribution in [-0.4, -0.2) is 51.4 Å². The minimum absolute atomic E-state index is 0.210. The van der Waals surface area contributed by atoms with Crippen LogP contribution in [0.4, 0.5) is 0 Å². The first-order chi connectivity index (χ1) is 10.7. The van der Waals surface area contributed by atoms with Crippen LogP contribution in [0.1, 0.15) is 38.1 Å². The van der Waals surface area contributed by atoms with E-state index in [-0.39, 0.29) is 6.04 Å². The molecule has 0 saturated carbocycles. The van der Waals surface area contributed by atoms with Crippen LogP contribution in [0.3, 0.4) is 0 Å². The Bertz CT molecular complexity index is 551. The first-order valence-corrected chi connectivity index (χ1v) is 8.34. The third kappa shape index (κ3) is 3.09. The topological polar surface area (TPSA) is 41.4 Å². The molecule has 1 saturated heterocycles. The monoisotopic (exact) mass is 302 g/mol. The van der Waals surface area contributed by atoms with Gasteiger partial charge in [0.1, 0.15) is 5.82 Å². The summed E-state index contributed by atoms with van der Waals surface area (Å²) in [7, 11) is 2.03. The van der Waals surface area contributed by atoms with E-state index in [9.17, 15) is 4.79 Å². The Labute approximate surface area is 132 Å². The Morgan fingerprint density at radius 3 is 2.91 bits per heavy atom. The number of hydrogen-bond donors (Lipinski definition) is 0. The van der Waals surface area contributed by atoms with Crippen molar-refractivity contribution in [3.05, 3.63) is 30.4 Å². The summed E-state index contributed by atoms with van der Waals surface area (Å²) in [5, 5.41) is 0. The molecule has 5 nitrogen and oxygen atoms in total. The normalized spacial score (nSPS) is 25.8. The predicted molar refractivity (Wildman–Crippen MR) is 86.3 cm³/mol. The maximum atomic E-state index is 12.6. The number of carbonyl (C=O) groups is 1. The molecule has 22 heavy (non-hydrogen) atoms. The van der Waals surface area contributed by atoms with Crippen molar-refractivity contribution >= 4 is 5.91 Å². The standard InChI is InChI=1S/C17H26N4O/c1-3-20-10-11-21(16(22)12-14-6-4-5-7-14)13-15(20)17-18-8-9-19(17)2/h4,6,8-9,14-15H,3,5,7,10-13H2,1-2H3/t14-,15+/m1/s1. The number of likely N-dealkylation sites (N-methyl/N-ethyl adjacent to an activating group) is 1. The first-order valence-electron chi connectivity index (χ1n) is 8.34. The molecule has 2 aliphatic rings. The molecular formula is C17H26N4O. The Balaban J connectivity index is 1.68. The van der Waals surface area contributed by atoms with Crippen molar-refractivity contribution in [3.63, 3.8) is 0 Å². The second kappa shape index (κ2) is 6.65. The van der Waals surface area contributed by atoms with Gasteiger partial charge in [-0.15, -0.1) is 0 Å². The summed E-state index contributed by atoms with van der Waals surface area (Å²) in [5.74, 6) is 1.80. The summed E-state index contributed by atoms with van der Waals surface area (Å²) < 4.78 is 2.07. The van der Waals surface area contributed by atoms with Gasteiger partial charge in [-0.3, -0.25) is 9.69 Å². The minimum atomic E-state index is 0.210. The fraction of sp³-hybridized carbons (Fsp3) is 0.647. The summed E-state index contributed by atoms with van der Waals surface area (Å²) in [6, 6.07) is 0.210. The van der Waals surface area contributed by atoms with Gasteiger partial charge in [0, 0.05) is 45.5 Å². The number of amides is 1. The van der Waals surface area contributed by atoms with Crippen molar-refractivity contribution in [2.75, 3.05) is 26.2 Å². The number of piperazine rings is 1. The molecule has 5 heteroatoms. The molecule has 120 valence electrons. The van der Waals surface area contributed by atoms with Gasteiger partial charge in [0.05, 0.1) is 6.04 Å². The smallest absolute Gasteiger partial charge is 0.223 e. The lowest BCUT2D eigenvalue weighted by molar-refractivity contribution is -0.135. The highest BCUT2D eigenvalue weighted by Crippen LogP contribution is 2.26. The lowest BCUT2D eigenvalue weighted by atomic mass is 10.0. The van der Waals surface area contributed by atoms with Gasteiger partial charge in [0.2, 0.25) is 5.91 Å². The molecule has 0 aromatic carbocycles. The Hall–Kier alpha value is -1.62. The highest BCUT2D eigenvalue weighted by Gasteiger charge is 2.32. The van der Waals surface area contributed by atoms with Crippen LogP contribution >= 0.6 is 0 Å². The highest BCUT2D eigenvalue weighted by atomic mass is 16.2. The molecule has 1 fully saturated rings. The zero-order valence-electron chi connectivity index (χ0n) is 13.6. The molecule has 1 aliphatic carbocycles. The van der Waals surface area contributed by atoms with Crippen LogP contribution in [0.5, 0.6) is 0 Å². The lowest BCUT2D eigenvalue weighted by Crippen LogP contribution is -2.51. The maximum absolute atomic E-state index is 12.6. The largest absolute Gasteiger partial charge is 0.339 e. The molecule has 0 unspecified atom stereocenters. The molecule has 0 N–H and O–H groups in total. The molecule has 0 spiro atoms. The molecular weight excluding hydrogens is 276 g/mol. The zero-order valence-corrected chi connectivity index (χ0v) is 13.6. The van der Waals surface area contributed by atoms with Crippen molar-refractivity contribution in [3.8, 4) is 0 Å². The van der Waals surface area contributed by atoms with E-state index >= 15 is 0 Å². The first kappa shape index (κ1) is 15.3. The number of aromatic nitrogens is 2. The van der Waals surface area contributed by atoms with E-state index in [0.29, 0.717) is 18.2 Å². The Morgan fingerprint density at radius 1 is 1.41 bits per heavy atom. The molecule has 1 aliphatic heterocycles. The van der Waals surface area contributed by atoms with Gasteiger partial charge in [-0.25, -0.2) is 4.98 Å². The molecule has 0 radical (unpaired) electrons. The average Bonchev–Trinajstić information content (AvgIpc) is 3.18. The quantitative estimate of drug-likeness (QED) is 0.799. The van der Waals surface area contributed by atoms with Gasteiger partial charge < -0.3 is 9.47 Å². The highest BCUT2D eigenvalue weighted by molar-refractivity contribution is 5.77. The number of aryl methyl sites for hydroxylation is 1. The summed E-state index contributed by atoms with van der Waals surface area (Å²) in [6.07, 6.45) is 11.1. The maximum Gasteiger partial charge on any atom is 0.223 e. The molecule has 2 atom stereocenters. The van der Waals surface area contributed by atoms with E-state index in [2.05, 4.69) is 33.5 Å². The second-order valence-corrected chi connectivity index (χ2v) is 6.35. The Kier molecular flexibility index (Phi) is 4.62. The van der Waals surface area contributed by atoms with E-state index in [0.717, 1.165) is 44.8 Å². The summed E-state index contributed by atoms with van der Waals surface area (Å²) >= 11 is 0. The Morgan fingerprint density at radius 2 is 2.27 bits per heavy atom. The van der Waals surface area contributed by atoms with Gasteiger partial charge >= 0.3 is 0 Å². The van der Waals surface area contributed by atoms with Gasteiger partial charge in [0.15, 0.2) is 0 Å². The zero-order chi connectivity index (χ0) is 15.5. The van der Waals surface area contributed by atoms with E-state index in [1.807, 2.05) is 24.3 Å². The number of hydrogen-bond acceptors (Lipinski definition) is 3. The number of imidazole rings is 1. The van der Waals surface area contributed by atoms with Crippen LogP contribution in [0.15, 0.2) is 24.5 Å². The summed E-state index contributed by atoms with van der Waals surface area (Å²) in [4.78, 5) is 21.6. The van der Waals surface area contributed by atoms with E-state index in [4.69, 9.17) is 0 Å². The van der Waals surface area contributed by atoms with Crippen LogP contribution in [0.25, 0.3) is 0 Å². The van der Waals surface area contributed by atoms with E-state index in [1.165, 1.54) is 0 Å². The fourth-order valence-electron chi connectivity index (χ4n) is 3.59. The molecule has 1 aromatic rings. The molecule has 1 aromatic heterocycles. The van der Waals surface area contributed by atoms with Crippen LogP contribution < -0.4 is 0 Å². The van der Waals surface area contributed by atoms with Crippen LogP contribution in [-0.2, 0) is 11.8 Å². The second-order valence-electron chi connectivity index (χ2n) is 6.35. The number of carbonyl (C=O) groups excluding carboxylic acids is 1. The third-order valence-electron chi connectivity index (χ3n) is 4.96. The molecule has 0 bridgehead atoms. The summed E-state index contributed by atoms with van der Waals surface area (Å²) in [6.45, 7) is 5.69. The van der Waals surface area contributed by atoms with Crippen molar-refractivity contribution in [1.29, 1.82) is 0 Å². The van der Waals surface area contributed by atoms with Gasteiger partial charge in [-0.05, 0) is 25.3 Å². The molecule has 2 heterocycles. The average molecular weight is 302 g/mol. The van der Waals surface area contributed by atoms with Crippen molar-refractivity contribution in [2.45, 2.75) is 32.2 Å². The van der Waals surface area contributed by atoms with Crippen LogP contribution in [0, 0.1) is 5.92 Å². The summed E-state index contributed by atoms with van der Waals surface area (Å²) in [5.41, 5.74) is 0. The van der Waals surface area contributed by atoms with Gasteiger partial charge in [-0.2, -0.15) is 0 Å². The SMILES string of the molecule is CCN1CCN(C(=O)C[C@@H]2C=CCC2)C[C@H]1c1nccn1C. The van der Waals surface area contributed by atoms with Gasteiger partial charge in [-0.1, -0.05) is 19.1 Å². The van der Waals surface area contributed by atoms with Gasteiger partial charge in [0.25, 0.3) is 0 Å². The van der Waals surface area contributed by atoms with E-state index < -0.39 is 0 Å². The number of nitrogens with zero attached hydrogens (tertiary/aromatic N) is 4. The molecule has 1 amide bonds. The fourth-order valence-corrected chi connectivity index (χ4v) is 3.59. The third-order valence-corrected chi connectivity index (χ3v) is 4.96. The number of allylic oxidation sites excluding steroid dienone is 2. The predicted octanol–water partition coefficient (Wildman–Crippen LogP) is 1.98. The van der Waals surface area contributed by atoms with E-state index in [1.54, 1.807) is 0 Å². The minimum Gasteiger partial charge on any atom is -0.339 e. The molecule has 3 rings (SSSR count). The van der Waals surface area contributed by atoms with Crippen LogP contribution in [0.2, 0.25) is 0 Å². The number of rotatable bonds is 4. The lowest BCUT2D eigenvalue weighted by Gasteiger charge is -2.40. The van der Waals surface area contributed by atoms with Crippen molar-refractivity contribution < 1.29 is 4.79 Å². The van der Waals surface area contributed by atoms with Crippen molar-refractivity contribution in [2.24, 2.45) is 13.0 Å². The van der Waals surface area contributed by atoms with Crippen molar-refractivity contribution in [1.82, 2.24) is 19.4 Å².